The highest BCUT2D eigenvalue weighted by atomic mass is 19.1. The lowest BCUT2D eigenvalue weighted by Crippen LogP contribution is -2.42. The number of amides is 1. The molecule has 1 atom stereocenters. The van der Waals surface area contributed by atoms with Crippen molar-refractivity contribution in [2.45, 2.75) is 12.3 Å². The molecule has 3 aromatic rings. The predicted molar refractivity (Wildman–Crippen MR) is 113 cm³/mol. The molecule has 1 amide bonds. The summed E-state index contributed by atoms with van der Waals surface area (Å²) in [6.45, 7) is 0.348. The van der Waals surface area contributed by atoms with Crippen molar-refractivity contribution in [3.8, 4) is 11.1 Å². The van der Waals surface area contributed by atoms with E-state index in [1.54, 1.807) is 12.1 Å². The summed E-state index contributed by atoms with van der Waals surface area (Å²) in [5, 5.41) is 9.63. The summed E-state index contributed by atoms with van der Waals surface area (Å²) in [5.41, 5.74) is 5.55. The Bertz CT molecular complexity index is 1070. The summed E-state index contributed by atoms with van der Waals surface area (Å²) in [7, 11) is 0. The number of fused-ring (bicyclic) bond motifs is 4. The van der Waals surface area contributed by atoms with Gasteiger partial charge in [-0.25, -0.2) is 9.18 Å². The van der Waals surface area contributed by atoms with Crippen LogP contribution in [0.3, 0.4) is 0 Å². The third-order valence-corrected chi connectivity index (χ3v) is 6.10. The molecule has 2 aliphatic rings. The largest absolute Gasteiger partial charge is 0.448 e. The van der Waals surface area contributed by atoms with E-state index >= 15 is 0 Å². The van der Waals surface area contributed by atoms with Gasteiger partial charge in [-0.3, -0.25) is 4.90 Å². The molecule has 0 aromatic heterocycles. The van der Waals surface area contributed by atoms with Crippen molar-refractivity contribution in [3.63, 3.8) is 0 Å². The van der Waals surface area contributed by atoms with Crippen LogP contribution in [-0.4, -0.2) is 31.0 Å². The fourth-order valence-electron chi connectivity index (χ4n) is 4.71. The zero-order chi connectivity index (χ0) is 20.7. The molecule has 1 unspecified atom stereocenters. The third kappa shape index (κ3) is 3.06. The van der Waals surface area contributed by atoms with Gasteiger partial charge in [0.2, 0.25) is 0 Å². The fraction of sp³-hybridized carbons (Fsp3) is 0.240. The lowest BCUT2D eigenvalue weighted by molar-refractivity contribution is 0.145. The first-order valence-corrected chi connectivity index (χ1v) is 10.2. The molecule has 1 aliphatic carbocycles. The number of rotatable bonds is 3. The number of aliphatic hydroxyl groups excluding tert-OH is 1. The predicted octanol–water partition coefficient (Wildman–Crippen LogP) is 4.75. The lowest BCUT2D eigenvalue weighted by atomic mass is 9.93. The number of aliphatic hydroxyl groups is 1. The Hall–Kier alpha value is -3.18. The van der Waals surface area contributed by atoms with Gasteiger partial charge in [0.1, 0.15) is 12.4 Å². The van der Waals surface area contributed by atoms with E-state index < -0.39 is 11.9 Å². The van der Waals surface area contributed by atoms with Gasteiger partial charge in [0.25, 0.3) is 0 Å². The molecule has 0 saturated heterocycles. The fourth-order valence-corrected chi connectivity index (χ4v) is 4.71. The Morgan fingerprint density at radius 3 is 2.33 bits per heavy atom. The van der Waals surface area contributed by atoms with Crippen LogP contribution < -0.4 is 4.90 Å². The van der Waals surface area contributed by atoms with Crippen LogP contribution in [-0.2, 0) is 11.2 Å². The molecule has 5 heteroatoms. The Morgan fingerprint density at radius 1 is 1.00 bits per heavy atom. The maximum Gasteiger partial charge on any atom is 0.414 e. The summed E-state index contributed by atoms with van der Waals surface area (Å²) in [6, 6.07) is 21.0. The van der Waals surface area contributed by atoms with Crippen LogP contribution in [0.1, 0.15) is 22.6 Å². The third-order valence-electron chi connectivity index (χ3n) is 6.10. The van der Waals surface area contributed by atoms with Gasteiger partial charge in [-0.15, -0.1) is 0 Å². The van der Waals surface area contributed by atoms with Crippen molar-refractivity contribution < 1.29 is 19.0 Å². The molecule has 0 spiro atoms. The smallest absolute Gasteiger partial charge is 0.414 e. The zero-order valence-electron chi connectivity index (χ0n) is 16.4. The Kier molecular flexibility index (Phi) is 4.75. The second kappa shape index (κ2) is 7.58. The number of hydrogen-bond donors (Lipinski definition) is 1. The number of para-hydroxylation sites is 1. The Morgan fingerprint density at radius 2 is 1.67 bits per heavy atom. The van der Waals surface area contributed by atoms with E-state index in [4.69, 9.17) is 4.74 Å². The van der Waals surface area contributed by atoms with Crippen molar-refractivity contribution in [3.05, 3.63) is 89.2 Å². The number of anilines is 1. The summed E-state index contributed by atoms with van der Waals surface area (Å²) in [4.78, 5) is 14.3. The van der Waals surface area contributed by atoms with E-state index in [1.165, 1.54) is 11.0 Å². The second-order valence-electron chi connectivity index (χ2n) is 7.91. The molecular weight excluding hydrogens is 381 g/mol. The highest BCUT2D eigenvalue weighted by Crippen LogP contribution is 2.44. The highest BCUT2D eigenvalue weighted by Gasteiger charge is 2.34. The molecule has 30 heavy (non-hydrogen) atoms. The molecule has 152 valence electrons. The molecule has 4 nitrogen and oxygen atoms in total. The van der Waals surface area contributed by atoms with Crippen molar-refractivity contribution in [2.75, 3.05) is 24.7 Å². The summed E-state index contributed by atoms with van der Waals surface area (Å²) in [5.74, 6) is -0.642. The molecule has 1 N–H and O–H groups in total. The first kappa shape index (κ1) is 18.8. The van der Waals surface area contributed by atoms with E-state index in [1.807, 2.05) is 24.3 Å². The SMILES string of the molecule is O=C(OCC1c2ccccc2-c2ccccc21)N1CC(CO)Cc2cccc(F)c21. The van der Waals surface area contributed by atoms with E-state index in [2.05, 4.69) is 24.3 Å². The number of benzene rings is 3. The molecule has 0 fully saturated rings. The van der Waals surface area contributed by atoms with Crippen LogP contribution in [0.2, 0.25) is 0 Å². The number of carbonyl (C=O) groups is 1. The summed E-state index contributed by atoms with van der Waals surface area (Å²) in [6.07, 6.45) is -0.0436. The minimum atomic E-state index is -0.582. The average molecular weight is 403 g/mol. The molecular formula is C25H22FNO3. The summed E-state index contributed by atoms with van der Waals surface area (Å²) >= 11 is 0. The normalized spacial score (nSPS) is 17.3. The quantitative estimate of drug-likeness (QED) is 0.687. The van der Waals surface area contributed by atoms with Crippen molar-refractivity contribution in [2.24, 2.45) is 5.92 Å². The zero-order valence-corrected chi connectivity index (χ0v) is 16.4. The highest BCUT2D eigenvalue weighted by molar-refractivity contribution is 5.90. The molecule has 0 bridgehead atoms. The summed E-state index contributed by atoms with van der Waals surface area (Å²) < 4.78 is 20.3. The van der Waals surface area contributed by atoms with Gasteiger partial charge in [-0.1, -0.05) is 60.7 Å². The number of carbonyl (C=O) groups excluding carboxylic acids is 1. The van der Waals surface area contributed by atoms with Crippen molar-refractivity contribution in [1.82, 2.24) is 0 Å². The van der Waals surface area contributed by atoms with Crippen LogP contribution in [0.15, 0.2) is 66.7 Å². The van der Waals surface area contributed by atoms with Gasteiger partial charge in [0.05, 0.1) is 5.69 Å². The van der Waals surface area contributed by atoms with E-state index in [0.717, 1.165) is 22.3 Å². The van der Waals surface area contributed by atoms with Gasteiger partial charge in [0, 0.05) is 25.0 Å². The average Bonchev–Trinajstić information content (AvgIpc) is 3.10. The molecule has 1 aliphatic heterocycles. The molecule has 3 aromatic carbocycles. The van der Waals surface area contributed by atoms with Crippen molar-refractivity contribution >= 4 is 11.8 Å². The lowest BCUT2D eigenvalue weighted by Gasteiger charge is -2.33. The number of halogens is 1. The van der Waals surface area contributed by atoms with Gasteiger partial charge in [-0.05, 0) is 40.3 Å². The molecule has 5 rings (SSSR count). The first-order valence-electron chi connectivity index (χ1n) is 10.2. The van der Waals surface area contributed by atoms with Crippen molar-refractivity contribution in [1.29, 1.82) is 0 Å². The molecule has 0 saturated carbocycles. The van der Waals surface area contributed by atoms with Crippen LogP contribution >= 0.6 is 0 Å². The molecule has 0 radical (unpaired) electrons. The van der Waals surface area contributed by atoms with E-state index in [0.29, 0.717) is 12.0 Å². The molecule has 1 heterocycles. The Balaban J connectivity index is 1.41. The van der Waals surface area contributed by atoms with Gasteiger partial charge in [-0.2, -0.15) is 0 Å². The minimum absolute atomic E-state index is 0.0557. The monoisotopic (exact) mass is 403 g/mol. The second-order valence-corrected chi connectivity index (χ2v) is 7.91. The van der Waals surface area contributed by atoms with Crippen LogP contribution in [0, 0.1) is 11.7 Å². The number of ether oxygens (including phenoxy) is 1. The maximum absolute atomic E-state index is 14.5. The van der Waals surface area contributed by atoms with Gasteiger partial charge in [0.15, 0.2) is 0 Å². The topological polar surface area (TPSA) is 49.8 Å². The van der Waals surface area contributed by atoms with Crippen LogP contribution in [0.4, 0.5) is 14.9 Å². The number of nitrogens with zero attached hydrogens (tertiary/aromatic N) is 1. The van der Waals surface area contributed by atoms with Gasteiger partial charge >= 0.3 is 6.09 Å². The first-order chi connectivity index (χ1) is 14.7. The minimum Gasteiger partial charge on any atom is -0.448 e. The van der Waals surface area contributed by atoms with E-state index in [9.17, 15) is 14.3 Å². The Labute approximate surface area is 174 Å². The van der Waals surface area contributed by atoms with E-state index in [-0.39, 0.29) is 37.3 Å². The maximum atomic E-state index is 14.5. The standard InChI is InChI=1S/C25H22FNO3/c26-23-11-5-6-17-12-16(14-28)13-27(24(17)23)25(29)30-15-22-20-9-3-1-7-18(20)19-8-2-4-10-21(19)22/h1-11,16,22,28H,12-15H2. The van der Waals surface area contributed by atoms with Gasteiger partial charge < -0.3 is 9.84 Å². The number of hydrogen-bond acceptors (Lipinski definition) is 3. The van der Waals surface area contributed by atoms with Crippen LogP contribution in [0.25, 0.3) is 11.1 Å². The van der Waals surface area contributed by atoms with Crippen LogP contribution in [0.5, 0.6) is 0 Å².